The molecule has 0 amide bonds. The Hall–Kier alpha value is -0.350. The molecule has 0 radical (unpaired) electrons. The molecule has 0 atom stereocenters. The summed E-state index contributed by atoms with van der Waals surface area (Å²) in [5.41, 5.74) is 1.55. The fourth-order valence-electron chi connectivity index (χ4n) is 1.15. The number of carbonyl (C=O) groups excluding carboxylic acids is 1. The molecule has 0 fully saturated rings. The minimum atomic E-state index is -0.303. The largest absolute Gasteiger partial charge is 0.465 e. The zero-order valence-electron chi connectivity index (χ0n) is 7.72. The number of carbonyl (C=O) groups is 1. The molecule has 1 aliphatic rings. The van der Waals surface area contributed by atoms with Crippen LogP contribution in [0.3, 0.4) is 0 Å². The van der Waals surface area contributed by atoms with Crippen molar-refractivity contribution in [3.05, 3.63) is 33.9 Å². The summed E-state index contributed by atoms with van der Waals surface area (Å²) in [5.74, 6) is -0.303. The first kappa shape index (κ1) is 11.7. The summed E-state index contributed by atoms with van der Waals surface area (Å²) in [5, 5.41) is 0.635. The van der Waals surface area contributed by atoms with Gasteiger partial charge in [0.1, 0.15) is 0 Å². The lowest BCUT2D eigenvalue weighted by Crippen LogP contribution is -2.08. The zero-order valence-corrected chi connectivity index (χ0v) is 10.9. The number of esters is 1. The van der Waals surface area contributed by atoms with Crippen molar-refractivity contribution < 1.29 is 9.53 Å². The van der Waals surface area contributed by atoms with Gasteiger partial charge in [0, 0.05) is 9.81 Å². The van der Waals surface area contributed by atoms with Crippen LogP contribution in [0.5, 0.6) is 0 Å². The standard InChI is InChI=1S/C10H10Br2O2/c1-14-10(13)7-4-2-3-5-9(12)8(7)6-11/h2-4H,5-6H2,1H3. The molecule has 0 aromatic heterocycles. The molecule has 0 aromatic carbocycles. The van der Waals surface area contributed by atoms with E-state index in [0.717, 1.165) is 16.5 Å². The summed E-state index contributed by atoms with van der Waals surface area (Å²) in [6.45, 7) is 0. The highest BCUT2D eigenvalue weighted by Gasteiger charge is 2.17. The number of halogens is 2. The second-order valence-corrected chi connectivity index (χ2v) is 4.24. The summed E-state index contributed by atoms with van der Waals surface area (Å²) < 4.78 is 5.72. The second-order valence-electron chi connectivity index (χ2n) is 2.72. The number of ether oxygens (including phenoxy) is 1. The first-order chi connectivity index (χ1) is 6.70. The number of alkyl halides is 1. The molecule has 4 heteroatoms. The Bertz CT molecular complexity index is 327. The molecule has 0 N–H and O–H groups in total. The molecule has 14 heavy (non-hydrogen) atoms. The summed E-state index contributed by atoms with van der Waals surface area (Å²) >= 11 is 6.81. The van der Waals surface area contributed by atoms with Gasteiger partial charge in [-0.15, -0.1) is 0 Å². The van der Waals surface area contributed by atoms with Crippen molar-refractivity contribution in [2.45, 2.75) is 6.42 Å². The molecule has 0 aliphatic heterocycles. The number of rotatable bonds is 2. The molecule has 0 bridgehead atoms. The molecule has 2 nitrogen and oxygen atoms in total. The average molecular weight is 322 g/mol. The predicted molar refractivity (Wildman–Crippen MR) is 63.6 cm³/mol. The molecule has 0 saturated heterocycles. The Morgan fingerprint density at radius 3 is 2.93 bits per heavy atom. The lowest BCUT2D eigenvalue weighted by molar-refractivity contribution is -0.135. The number of hydrogen-bond donors (Lipinski definition) is 0. The van der Waals surface area contributed by atoms with Gasteiger partial charge in [0.25, 0.3) is 0 Å². The van der Waals surface area contributed by atoms with Crippen molar-refractivity contribution in [2.24, 2.45) is 0 Å². The van der Waals surface area contributed by atoms with Crippen LogP contribution in [0.2, 0.25) is 0 Å². The minimum absolute atomic E-state index is 0.303. The van der Waals surface area contributed by atoms with Crippen LogP contribution in [-0.2, 0) is 9.53 Å². The van der Waals surface area contributed by atoms with Gasteiger partial charge in [-0.3, -0.25) is 0 Å². The van der Waals surface area contributed by atoms with E-state index in [1.165, 1.54) is 7.11 Å². The third-order valence-electron chi connectivity index (χ3n) is 1.89. The van der Waals surface area contributed by atoms with Gasteiger partial charge in [-0.25, -0.2) is 4.79 Å². The predicted octanol–water partition coefficient (Wildman–Crippen LogP) is 3.09. The van der Waals surface area contributed by atoms with Crippen LogP contribution < -0.4 is 0 Å². The quantitative estimate of drug-likeness (QED) is 0.577. The molecule has 0 aromatic rings. The van der Waals surface area contributed by atoms with Crippen LogP contribution in [0.4, 0.5) is 0 Å². The number of methoxy groups -OCH3 is 1. The monoisotopic (exact) mass is 320 g/mol. The second kappa shape index (κ2) is 5.51. The number of hydrogen-bond acceptors (Lipinski definition) is 2. The maximum absolute atomic E-state index is 11.4. The topological polar surface area (TPSA) is 26.3 Å². The zero-order chi connectivity index (χ0) is 10.6. The highest BCUT2D eigenvalue weighted by molar-refractivity contribution is 9.12. The Labute approximate surface area is 100.0 Å². The van der Waals surface area contributed by atoms with Gasteiger partial charge < -0.3 is 4.74 Å². The molecule has 0 heterocycles. The van der Waals surface area contributed by atoms with E-state index in [0.29, 0.717) is 10.9 Å². The van der Waals surface area contributed by atoms with Gasteiger partial charge in [0.05, 0.1) is 12.7 Å². The molecule has 0 unspecified atom stereocenters. The van der Waals surface area contributed by atoms with Crippen molar-refractivity contribution in [3.63, 3.8) is 0 Å². The third kappa shape index (κ3) is 2.58. The molecule has 0 spiro atoms. The maximum atomic E-state index is 11.4. The molecule has 1 rings (SSSR count). The van der Waals surface area contributed by atoms with E-state index in [1.807, 2.05) is 12.2 Å². The average Bonchev–Trinajstić information content (AvgIpc) is 2.38. The van der Waals surface area contributed by atoms with E-state index in [-0.39, 0.29) is 5.97 Å². The van der Waals surface area contributed by atoms with Gasteiger partial charge in [0.15, 0.2) is 0 Å². The SMILES string of the molecule is COC(=O)C1=CC=CCC(Br)=C1CBr. The smallest absolute Gasteiger partial charge is 0.338 e. The van der Waals surface area contributed by atoms with Gasteiger partial charge in [-0.05, 0) is 18.1 Å². The van der Waals surface area contributed by atoms with Crippen LogP contribution >= 0.6 is 31.9 Å². The molecular weight excluding hydrogens is 312 g/mol. The summed E-state index contributed by atoms with van der Waals surface area (Å²) in [6.07, 6.45) is 6.43. The maximum Gasteiger partial charge on any atom is 0.338 e. The first-order valence-electron chi connectivity index (χ1n) is 4.09. The lowest BCUT2D eigenvalue weighted by Gasteiger charge is -2.08. The van der Waals surface area contributed by atoms with Crippen LogP contribution in [0.15, 0.2) is 33.9 Å². The van der Waals surface area contributed by atoms with Crippen LogP contribution in [0, 0.1) is 0 Å². The molecule has 1 aliphatic carbocycles. The van der Waals surface area contributed by atoms with E-state index >= 15 is 0 Å². The third-order valence-corrected chi connectivity index (χ3v) is 3.25. The number of allylic oxidation sites excluding steroid dienone is 4. The van der Waals surface area contributed by atoms with Crippen molar-refractivity contribution in [1.82, 2.24) is 0 Å². The van der Waals surface area contributed by atoms with Crippen molar-refractivity contribution in [3.8, 4) is 0 Å². The van der Waals surface area contributed by atoms with E-state index in [1.54, 1.807) is 6.08 Å². The molecular formula is C10H10Br2O2. The molecule has 0 saturated carbocycles. The summed E-state index contributed by atoms with van der Waals surface area (Å²) in [7, 11) is 1.39. The van der Waals surface area contributed by atoms with E-state index in [2.05, 4.69) is 31.9 Å². The van der Waals surface area contributed by atoms with Crippen molar-refractivity contribution >= 4 is 37.8 Å². The van der Waals surface area contributed by atoms with Crippen LogP contribution in [-0.4, -0.2) is 18.4 Å². The minimum Gasteiger partial charge on any atom is -0.465 e. The normalized spacial score (nSPS) is 16.4. The Morgan fingerprint density at radius 2 is 2.36 bits per heavy atom. The first-order valence-corrected chi connectivity index (χ1v) is 6.01. The Morgan fingerprint density at radius 1 is 1.64 bits per heavy atom. The fourth-order valence-corrected chi connectivity index (χ4v) is 2.71. The van der Waals surface area contributed by atoms with Gasteiger partial charge in [0.2, 0.25) is 0 Å². The van der Waals surface area contributed by atoms with Gasteiger partial charge in [-0.1, -0.05) is 44.0 Å². The highest BCUT2D eigenvalue weighted by atomic mass is 79.9. The summed E-state index contributed by atoms with van der Waals surface area (Å²) in [4.78, 5) is 11.4. The Balaban J connectivity index is 3.10. The fraction of sp³-hybridized carbons (Fsp3) is 0.300. The van der Waals surface area contributed by atoms with E-state index in [4.69, 9.17) is 4.74 Å². The van der Waals surface area contributed by atoms with Crippen LogP contribution in [0.25, 0.3) is 0 Å². The van der Waals surface area contributed by atoms with Crippen molar-refractivity contribution in [2.75, 3.05) is 12.4 Å². The Kier molecular flexibility index (Phi) is 4.62. The van der Waals surface area contributed by atoms with Gasteiger partial charge in [-0.2, -0.15) is 0 Å². The van der Waals surface area contributed by atoms with Gasteiger partial charge >= 0.3 is 5.97 Å². The summed E-state index contributed by atoms with van der Waals surface area (Å²) in [6, 6.07) is 0. The van der Waals surface area contributed by atoms with Crippen molar-refractivity contribution in [1.29, 1.82) is 0 Å². The van der Waals surface area contributed by atoms with E-state index in [9.17, 15) is 4.79 Å². The lowest BCUT2D eigenvalue weighted by atomic mass is 10.1. The highest BCUT2D eigenvalue weighted by Crippen LogP contribution is 2.27. The van der Waals surface area contributed by atoms with Crippen LogP contribution in [0.1, 0.15) is 6.42 Å². The van der Waals surface area contributed by atoms with E-state index < -0.39 is 0 Å². The molecule has 76 valence electrons.